The van der Waals surface area contributed by atoms with Gasteiger partial charge in [-0.15, -0.1) is 6.42 Å². The topological polar surface area (TPSA) is 6.48 Å². The zero-order valence-electron chi connectivity index (χ0n) is 7.38. The van der Waals surface area contributed by atoms with E-state index in [4.69, 9.17) is 6.42 Å². The Hall–Kier alpha value is -0.520. The molecule has 1 aliphatic heterocycles. The van der Waals surface area contributed by atoms with Gasteiger partial charge in [0.05, 0.1) is 6.54 Å². The van der Waals surface area contributed by atoms with Crippen molar-refractivity contribution >= 4 is 0 Å². The standard InChI is InChI=1S/C9H16N2/c1-4-6-11(3)9-5-7-10(2)8-9/h1,9H,5-8H2,2-3H3. The van der Waals surface area contributed by atoms with E-state index in [1.165, 1.54) is 13.0 Å². The third kappa shape index (κ3) is 2.21. The molecule has 0 amide bonds. The zero-order valence-corrected chi connectivity index (χ0v) is 7.38. The van der Waals surface area contributed by atoms with E-state index in [-0.39, 0.29) is 0 Å². The lowest BCUT2D eigenvalue weighted by atomic mass is 10.2. The minimum Gasteiger partial charge on any atom is -0.305 e. The molecule has 1 fully saturated rings. The molecule has 0 aromatic heterocycles. The Bertz CT molecular complexity index is 159. The van der Waals surface area contributed by atoms with Crippen LogP contribution >= 0.6 is 0 Å². The van der Waals surface area contributed by atoms with Crippen LogP contribution in [0.4, 0.5) is 0 Å². The molecule has 2 heteroatoms. The molecule has 1 unspecified atom stereocenters. The highest BCUT2D eigenvalue weighted by atomic mass is 15.2. The Morgan fingerprint density at radius 1 is 1.73 bits per heavy atom. The van der Waals surface area contributed by atoms with Crippen molar-refractivity contribution in [2.45, 2.75) is 12.5 Å². The van der Waals surface area contributed by atoms with Gasteiger partial charge < -0.3 is 4.90 Å². The molecule has 62 valence electrons. The Balaban J connectivity index is 2.32. The summed E-state index contributed by atoms with van der Waals surface area (Å²) in [5.74, 6) is 2.67. The van der Waals surface area contributed by atoms with E-state index in [2.05, 4.69) is 29.8 Å². The first kappa shape index (κ1) is 8.58. The monoisotopic (exact) mass is 152 g/mol. The molecule has 0 bridgehead atoms. The van der Waals surface area contributed by atoms with Crippen LogP contribution in [0.2, 0.25) is 0 Å². The number of terminal acetylenes is 1. The highest BCUT2D eigenvalue weighted by molar-refractivity contribution is 4.91. The second-order valence-corrected chi connectivity index (χ2v) is 3.32. The summed E-state index contributed by atoms with van der Waals surface area (Å²) < 4.78 is 0. The van der Waals surface area contributed by atoms with Crippen molar-refractivity contribution in [2.24, 2.45) is 0 Å². The van der Waals surface area contributed by atoms with E-state index < -0.39 is 0 Å². The molecule has 0 saturated carbocycles. The van der Waals surface area contributed by atoms with Crippen molar-refractivity contribution in [3.05, 3.63) is 0 Å². The van der Waals surface area contributed by atoms with Crippen LogP contribution < -0.4 is 0 Å². The Labute approximate surface area is 69.2 Å². The minimum absolute atomic E-state index is 0.677. The van der Waals surface area contributed by atoms with E-state index in [0.29, 0.717) is 6.04 Å². The summed E-state index contributed by atoms with van der Waals surface area (Å²) in [5.41, 5.74) is 0. The van der Waals surface area contributed by atoms with Crippen molar-refractivity contribution in [2.75, 3.05) is 33.7 Å². The van der Waals surface area contributed by atoms with Gasteiger partial charge in [-0.25, -0.2) is 0 Å². The molecule has 1 atom stereocenters. The van der Waals surface area contributed by atoms with Gasteiger partial charge in [-0.2, -0.15) is 0 Å². The van der Waals surface area contributed by atoms with Gasteiger partial charge in [0, 0.05) is 12.6 Å². The molecule has 0 radical (unpaired) electrons. The lowest BCUT2D eigenvalue weighted by Crippen LogP contribution is -2.33. The second kappa shape index (κ2) is 3.75. The fraction of sp³-hybridized carbons (Fsp3) is 0.778. The van der Waals surface area contributed by atoms with Crippen LogP contribution in [0.5, 0.6) is 0 Å². The minimum atomic E-state index is 0.677. The summed E-state index contributed by atoms with van der Waals surface area (Å²) in [6, 6.07) is 0.677. The first-order valence-electron chi connectivity index (χ1n) is 4.06. The molecule has 0 aromatic carbocycles. The van der Waals surface area contributed by atoms with Crippen LogP contribution in [0.3, 0.4) is 0 Å². The van der Waals surface area contributed by atoms with E-state index in [9.17, 15) is 0 Å². The maximum Gasteiger partial charge on any atom is 0.0599 e. The predicted octanol–water partition coefficient (Wildman–Crippen LogP) is 0.256. The number of likely N-dealkylation sites (tertiary alicyclic amines) is 1. The third-order valence-electron chi connectivity index (χ3n) is 2.33. The van der Waals surface area contributed by atoms with E-state index in [1.807, 2.05) is 0 Å². The molecular formula is C9H16N2. The third-order valence-corrected chi connectivity index (χ3v) is 2.33. The summed E-state index contributed by atoms with van der Waals surface area (Å²) in [7, 11) is 4.26. The van der Waals surface area contributed by atoms with Gasteiger partial charge in [0.1, 0.15) is 0 Å². The van der Waals surface area contributed by atoms with E-state index in [0.717, 1.165) is 13.1 Å². The van der Waals surface area contributed by atoms with E-state index in [1.54, 1.807) is 0 Å². The summed E-state index contributed by atoms with van der Waals surface area (Å²) >= 11 is 0. The first-order chi connectivity index (χ1) is 5.24. The number of likely N-dealkylation sites (N-methyl/N-ethyl adjacent to an activating group) is 2. The summed E-state index contributed by atoms with van der Waals surface area (Å²) in [6.07, 6.45) is 6.49. The number of rotatable bonds is 2. The van der Waals surface area contributed by atoms with Gasteiger partial charge in [0.25, 0.3) is 0 Å². The SMILES string of the molecule is C#CCN(C)C1CCN(C)C1. The van der Waals surface area contributed by atoms with Crippen molar-refractivity contribution in [1.82, 2.24) is 9.80 Å². The normalized spacial score (nSPS) is 25.8. The molecule has 0 aromatic rings. The molecule has 1 aliphatic rings. The van der Waals surface area contributed by atoms with Gasteiger partial charge in [-0.05, 0) is 27.1 Å². The average molecular weight is 152 g/mol. The highest BCUT2D eigenvalue weighted by Crippen LogP contribution is 2.11. The van der Waals surface area contributed by atoms with Crippen LogP contribution in [-0.2, 0) is 0 Å². The van der Waals surface area contributed by atoms with Crippen LogP contribution in [0.25, 0.3) is 0 Å². The Morgan fingerprint density at radius 3 is 2.91 bits per heavy atom. The number of nitrogens with zero attached hydrogens (tertiary/aromatic N) is 2. The van der Waals surface area contributed by atoms with Crippen molar-refractivity contribution in [3.8, 4) is 12.3 Å². The summed E-state index contributed by atoms with van der Waals surface area (Å²) in [6.45, 7) is 3.15. The van der Waals surface area contributed by atoms with Crippen molar-refractivity contribution in [1.29, 1.82) is 0 Å². The molecular weight excluding hydrogens is 136 g/mol. The van der Waals surface area contributed by atoms with Crippen LogP contribution in [0.1, 0.15) is 6.42 Å². The van der Waals surface area contributed by atoms with Crippen LogP contribution in [-0.4, -0.2) is 49.6 Å². The molecule has 0 spiro atoms. The zero-order chi connectivity index (χ0) is 8.27. The fourth-order valence-electron chi connectivity index (χ4n) is 1.54. The lowest BCUT2D eigenvalue weighted by Gasteiger charge is -2.21. The molecule has 2 nitrogen and oxygen atoms in total. The molecule has 0 N–H and O–H groups in total. The molecule has 1 saturated heterocycles. The predicted molar refractivity (Wildman–Crippen MR) is 47.4 cm³/mol. The number of hydrogen-bond donors (Lipinski definition) is 0. The molecule has 0 aliphatic carbocycles. The van der Waals surface area contributed by atoms with Gasteiger partial charge in [0.2, 0.25) is 0 Å². The largest absolute Gasteiger partial charge is 0.305 e. The van der Waals surface area contributed by atoms with Crippen LogP contribution in [0, 0.1) is 12.3 Å². The quantitative estimate of drug-likeness (QED) is 0.524. The fourth-order valence-corrected chi connectivity index (χ4v) is 1.54. The van der Waals surface area contributed by atoms with Gasteiger partial charge in [0.15, 0.2) is 0 Å². The second-order valence-electron chi connectivity index (χ2n) is 3.32. The Kier molecular flexibility index (Phi) is 2.92. The number of hydrogen-bond acceptors (Lipinski definition) is 2. The van der Waals surface area contributed by atoms with Gasteiger partial charge >= 0.3 is 0 Å². The smallest absolute Gasteiger partial charge is 0.0599 e. The Morgan fingerprint density at radius 2 is 2.45 bits per heavy atom. The molecule has 1 rings (SSSR count). The maximum absolute atomic E-state index is 5.23. The first-order valence-corrected chi connectivity index (χ1v) is 4.06. The van der Waals surface area contributed by atoms with Crippen molar-refractivity contribution < 1.29 is 0 Å². The van der Waals surface area contributed by atoms with E-state index >= 15 is 0 Å². The van der Waals surface area contributed by atoms with Gasteiger partial charge in [-0.1, -0.05) is 5.92 Å². The molecule has 1 heterocycles. The summed E-state index contributed by atoms with van der Waals surface area (Å²) in [5, 5.41) is 0. The summed E-state index contributed by atoms with van der Waals surface area (Å²) in [4.78, 5) is 4.60. The lowest BCUT2D eigenvalue weighted by molar-refractivity contribution is 0.268. The highest BCUT2D eigenvalue weighted by Gasteiger charge is 2.22. The van der Waals surface area contributed by atoms with Crippen molar-refractivity contribution in [3.63, 3.8) is 0 Å². The molecule has 11 heavy (non-hydrogen) atoms. The van der Waals surface area contributed by atoms with Gasteiger partial charge in [-0.3, -0.25) is 4.90 Å². The maximum atomic E-state index is 5.23. The van der Waals surface area contributed by atoms with Crippen LogP contribution in [0.15, 0.2) is 0 Å². The average Bonchev–Trinajstić information content (AvgIpc) is 2.36.